The standard InChI is InChI=1S/C21H21BrN2O4/c1-3-27-20(25)18-13(2)23-21(26)24-19(18)16-11-15(22)9-10-17(16)28-12-14-7-5-4-6-8-14/h4-11,19H,3,12H2,1-2H3,(H2,23,24,26). The van der Waals surface area contributed by atoms with E-state index in [2.05, 4.69) is 26.6 Å². The van der Waals surface area contributed by atoms with Crippen molar-refractivity contribution in [2.45, 2.75) is 26.5 Å². The summed E-state index contributed by atoms with van der Waals surface area (Å²) in [5, 5.41) is 5.45. The fourth-order valence-electron chi connectivity index (χ4n) is 3.02. The van der Waals surface area contributed by atoms with E-state index in [1.165, 1.54) is 0 Å². The molecular weight excluding hydrogens is 424 g/mol. The summed E-state index contributed by atoms with van der Waals surface area (Å²) in [6.07, 6.45) is 0. The molecule has 2 aromatic carbocycles. The van der Waals surface area contributed by atoms with E-state index in [4.69, 9.17) is 9.47 Å². The van der Waals surface area contributed by atoms with Crippen molar-refractivity contribution in [3.05, 3.63) is 75.4 Å². The quantitative estimate of drug-likeness (QED) is 0.653. The van der Waals surface area contributed by atoms with Crippen LogP contribution in [0.3, 0.4) is 0 Å². The van der Waals surface area contributed by atoms with Gasteiger partial charge in [0.15, 0.2) is 0 Å². The number of hydrogen-bond acceptors (Lipinski definition) is 4. The zero-order chi connectivity index (χ0) is 20.1. The first-order chi connectivity index (χ1) is 13.5. The van der Waals surface area contributed by atoms with Gasteiger partial charge in [-0.1, -0.05) is 46.3 Å². The Bertz CT molecular complexity index is 912. The molecule has 28 heavy (non-hydrogen) atoms. The van der Waals surface area contributed by atoms with Crippen molar-refractivity contribution in [3.8, 4) is 5.75 Å². The van der Waals surface area contributed by atoms with E-state index in [-0.39, 0.29) is 12.6 Å². The van der Waals surface area contributed by atoms with Crippen LogP contribution in [0.25, 0.3) is 0 Å². The van der Waals surface area contributed by atoms with Crippen LogP contribution >= 0.6 is 15.9 Å². The van der Waals surface area contributed by atoms with Crippen LogP contribution in [0.5, 0.6) is 5.75 Å². The highest BCUT2D eigenvalue weighted by molar-refractivity contribution is 9.10. The fourth-order valence-corrected chi connectivity index (χ4v) is 3.40. The zero-order valence-corrected chi connectivity index (χ0v) is 17.2. The largest absolute Gasteiger partial charge is 0.489 e. The van der Waals surface area contributed by atoms with Crippen molar-refractivity contribution >= 4 is 27.9 Å². The van der Waals surface area contributed by atoms with Crippen LogP contribution in [0.1, 0.15) is 31.0 Å². The Balaban J connectivity index is 1.97. The van der Waals surface area contributed by atoms with Gasteiger partial charge >= 0.3 is 12.0 Å². The van der Waals surface area contributed by atoms with E-state index in [1.54, 1.807) is 13.8 Å². The number of halogens is 1. The summed E-state index contributed by atoms with van der Waals surface area (Å²) < 4.78 is 12.0. The number of esters is 1. The Morgan fingerprint density at radius 2 is 1.93 bits per heavy atom. The molecule has 1 heterocycles. The van der Waals surface area contributed by atoms with Crippen molar-refractivity contribution in [3.63, 3.8) is 0 Å². The summed E-state index contributed by atoms with van der Waals surface area (Å²) in [4.78, 5) is 24.6. The van der Waals surface area contributed by atoms with Crippen LogP contribution in [-0.2, 0) is 16.1 Å². The summed E-state index contributed by atoms with van der Waals surface area (Å²) in [6, 6.07) is 14.2. The number of rotatable bonds is 6. The second-order valence-electron chi connectivity index (χ2n) is 6.25. The molecule has 6 nitrogen and oxygen atoms in total. The van der Waals surface area contributed by atoms with Gasteiger partial charge in [-0.15, -0.1) is 0 Å². The van der Waals surface area contributed by atoms with Gasteiger partial charge in [-0.2, -0.15) is 0 Å². The molecule has 0 aliphatic carbocycles. The van der Waals surface area contributed by atoms with Gasteiger partial charge in [-0.05, 0) is 37.6 Å². The van der Waals surface area contributed by atoms with Crippen molar-refractivity contribution in [1.82, 2.24) is 10.6 Å². The van der Waals surface area contributed by atoms with Gasteiger partial charge in [-0.3, -0.25) is 0 Å². The predicted octanol–water partition coefficient (Wildman–Crippen LogP) is 4.22. The first-order valence-electron chi connectivity index (χ1n) is 8.91. The number of hydrogen-bond donors (Lipinski definition) is 2. The third-order valence-electron chi connectivity index (χ3n) is 4.28. The average molecular weight is 445 g/mol. The molecule has 0 radical (unpaired) electrons. The molecule has 1 unspecified atom stereocenters. The van der Waals surface area contributed by atoms with Gasteiger partial charge in [0.1, 0.15) is 12.4 Å². The molecule has 0 saturated heterocycles. The molecule has 146 valence electrons. The molecule has 3 rings (SSSR count). The van der Waals surface area contributed by atoms with Crippen molar-refractivity contribution in [2.75, 3.05) is 6.61 Å². The lowest BCUT2D eigenvalue weighted by molar-refractivity contribution is -0.139. The molecule has 0 aromatic heterocycles. The number of nitrogens with one attached hydrogen (secondary N) is 2. The van der Waals surface area contributed by atoms with Crippen LogP contribution < -0.4 is 15.4 Å². The summed E-state index contributed by atoms with van der Waals surface area (Å²) >= 11 is 3.46. The summed E-state index contributed by atoms with van der Waals surface area (Å²) in [6.45, 7) is 4.03. The maximum Gasteiger partial charge on any atom is 0.338 e. The number of benzene rings is 2. The summed E-state index contributed by atoms with van der Waals surface area (Å²) in [5.74, 6) is 0.0975. The minimum atomic E-state index is -0.684. The molecule has 2 amide bonds. The monoisotopic (exact) mass is 444 g/mol. The van der Waals surface area contributed by atoms with Crippen molar-refractivity contribution < 1.29 is 19.1 Å². The maximum atomic E-state index is 12.6. The lowest BCUT2D eigenvalue weighted by Crippen LogP contribution is -2.45. The number of urea groups is 1. The highest BCUT2D eigenvalue weighted by Gasteiger charge is 2.34. The summed E-state index contributed by atoms with van der Waals surface area (Å²) in [5.41, 5.74) is 2.50. The molecule has 0 spiro atoms. The molecular formula is C21H21BrN2O4. The lowest BCUT2D eigenvalue weighted by atomic mass is 9.95. The first kappa shape index (κ1) is 19.9. The zero-order valence-electron chi connectivity index (χ0n) is 15.6. The number of allylic oxidation sites excluding steroid dienone is 1. The third kappa shape index (κ3) is 4.54. The van der Waals surface area contributed by atoms with E-state index in [0.717, 1.165) is 10.0 Å². The molecule has 1 atom stereocenters. The lowest BCUT2D eigenvalue weighted by Gasteiger charge is -2.29. The average Bonchev–Trinajstić information content (AvgIpc) is 2.67. The van der Waals surface area contributed by atoms with Gasteiger partial charge in [0, 0.05) is 15.7 Å². The maximum absolute atomic E-state index is 12.6. The Morgan fingerprint density at radius 1 is 1.18 bits per heavy atom. The Kier molecular flexibility index (Phi) is 6.36. The van der Waals surface area contributed by atoms with Gasteiger partial charge in [0.2, 0.25) is 0 Å². The Morgan fingerprint density at radius 3 is 2.64 bits per heavy atom. The second-order valence-corrected chi connectivity index (χ2v) is 7.16. The van der Waals surface area contributed by atoms with Crippen LogP contribution in [0.15, 0.2) is 64.3 Å². The normalized spacial score (nSPS) is 16.2. The van der Waals surface area contributed by atoms with E-state index in [1.807, 2.05) is 48.5 Å². The van der Waals surface area contributed by atoms with Gasteiger partial charge < -0.3 is 20.1 Å². The van der Waals surface area contributed by atoms with Gasteiger partial charge in [0.25, 0.3) is 0 Å². The highest BCUT2D eigenvalue weighted by Crippen LogP contribution is 2.35. The van der Waals surface area contributed by atoms with Crippen LogP contribution in [0.2, 0.25) is 0 Å². The Hall–Kier alpha value is -2.80. The van der Waals surface area contributed by atoms with E-state index < -0.39 is 12.0 Å². The molecule has 2 N–H and O–H groups in total. The second kappa shape index (κ2) is 8.93. The smallest absolute Gasteiger partial charge is 0.338 e. The number of amides is 2. The first-order valence-corrected chi connectivity index (χ1v) is 9.70. The SMILES string of the molecule is CCOC(=O)C1=C(C)NC(=O)NC1c1cc(Br)ccc1OCc1ccccc1. The molecule has 7 heteroatoms. The van der Waals surface area contributed by atoms with Crippen molar-refractivity contribution in [1.29, 1.82) is 0 Å². The van der Waals surface area contributed by atoms with Crippen molar-refractivity contribution in [2.24, 2.45) is 0 Å². The minimum absolute atomic E-state index is 0.242. The minimum Gasteiger partial charge on any atom is -0.489 e. The van der Waals surface area contributed by atoms with Crippen LogP contribution in [-0.4, -0.2) is 18.6 Å². The molecule has 0 fully saturated rings. The fraction of sp³-hybridized carbons (Fsp3) is 0.238. The Labute approximate surface area is 172 Å². The third-order valence-corrected chi connectivity index (χ3v) is 4.78. The van der Waals surface area contributed by atoms with Gasteiger partial charge in [-0.25, -0.2) is 9.59 Å². The number of ether oxygens (including phenoxy) is 2. The highest BCUT2D eigenvalue weighted by atomic mass is 79.9. The predicted molar refractivity (Wildman–Crippen MR) is 109 cm³/mol. The number of carbonyl (C=O) groups excluding carboxylic acids is 2. The number of carbonyl (C=O) groups is 2. The van der Waals surface area contributed by atoms with Crippen LogP contribution in [0.4, 0.5) is 4.79 Å². The topological polar surface area (TPSA) is 76.7 Å². The molecule has 1 aliphatic heterocycles. The molecule has 2 aromatic rings. The van der Waals surface area contributed by atoms with Gasteiger partial charge in [0.05, 0.1) is 18.2 Å². The molecule has 0 saturated carbocycles. The van der Waals surface area contributed by atoms with Crippen LogP contribution in [0, 0.1) is 0 Å². The van der Waals surface area contributed by atoms with E-state index in [0.29, 0.717) is 29.2 Å². The van der Waals surface area contributed by atoms with E-state index in [9.17, 15) is 9.59 Å². The summed E-state index contributed by atoms with van der Waals surface area (Å²) in [7, 11) is 0. The molecule has 1 aliphatic rings. The molecule has 0 bridgehead atoms. The van der Waals surface area contributed by atoms with E-state index >= 15 is 0 Å².